The lowest BCUT2D eigenvalue weighted by atomic mass is 9.82. The molecule has 0 aromatic heterocycles. The van der Waals surface area contributed by atoms with Crippen LogP contribution in [0.15, 0.2) is 58.3 Å². The van der Waals surface area contributed by atoms with Crippen LogP contribution < -0.4 is 10.6 Å². The minimum atomic E-state index is -3.86. The second kappa shape index (κ2) is 17.0. The van der Waals surface area contributed by atoms with Crippen molar-refractivity contribution in [3.8, 4) is 0 Å². The number of rotatable bonds is 16. The van der Waals surface area contributed by atoms with Crippen molar-refractivity contribution >= 4 is 54.4 Å². The Morgan fingerprint density at radius 2 is 0.821 bits per heavy atom. The molecular weight excluding hydrogens is 745 g/mol. The third kappa shape index (κ3) is 7.68. The van der Waals surface area contributed by atoms with Crippen LogP contribution >= 0.6 is 0 Å². The van der Waals surface area contributed by atoms with Gasteiger partial charge in [-0.15, -0.1) is 0 Å². The van der Waals surface area contributed by atoms with Crippen molar-refractivity contribution in [2.45, 2.75) is 105 Å². The topological polar surface area (TPSA) is 133 Å². The number of sulfonamides is 2. The molecule has 0 radical (unpaired) electrons. The molecule has 5 rings (SSSR count). The van der Waals surface area contributed by atoms with Gasteiger partial charge in [0.25, 0.3) is 0 Å². The molecule has 4 aromatic carbocycles. The van der Waals surface area contributed by atoms with Crippen molar-refractivity contribution < 1.29 is 26.4 Å². The highest BCUT2D eigenvalue weighted by Gasteiger charge is 2.36. The second-order valence-electron chi connectivity index (χ2n) is 14.9. The van der Waals surface area contributed by atoms with Gasteiger partial charge in [0, 0.05) is 48.7 Å². The molecule has 1 aliphatic carbocycles. The van der Waals surface area contributed by atoms with Crippen LogP contribution in [0.2, 0.25) is 0 Å². The number of carbonyl (C=O) groups is 2. The summed E-state index contributed by atoms with van der Waals surface area (Å²) in [5, 5.41) is 6.82. The number of ketones is 2. The highest BCUT2D eigenvalue weighted by Crippen LogP contribution is 2.42. The monoisotopic (exact) mass is 800 g/mol. The van der Waals surface area contributed by atoms with Gasteiger partial charge in [0.05, 0.1) is 32.3 Å². The quantitative estimate of drug-likeness (QED) is 0.101. The van der Waals surface area contributed by atoms with E-state index in [1.807, 2.05) is 53.7 Å². The zero-order valence-corrected chi connectivity index (χ0v) is 36.1. The van der Waals surface area contributed by atoms with Crippen molar-refractivity contribution in [3.05, 3.63) is 104 Å². The molecule has 12 heteroatoms. The Labute approximate surface area is 333 Å². The molecule has 0 saturated heterocycles. The number of hydrogen-bond acceptors (Lipinski definition) is 8. The summed E-state index contributed by atoms with van der Waals surface area (Å²) < 4.78 is 59.7. The molecule has 2 N–H and O–H groups in total. The molecule has 56 heavy (non-hydrogen) atoms. The second-order valence-corrected chi connectivity index (χ2v) is 18.6. The maximum atomic E-state index is 14.5. The Morgan fingerprint density at radius 3 is 1.12 bits per heavy atom. The van der Waals surface area contributed by atoms with Gasteiger partial charge in [-0.1, -0.05) is 64.1 Å². The minimum absolute atomic E-state index is 0.147. The summed E-state index contributed by atoms with van der Waals surface area (Å²) in [5.41, 5.74) is 6.46. The highest BCUT2D eigenvalue weighted by molar-refractivity contribution is 7.89. The van der Waals surface area contributed by atoms with Gasteiger partial charge < -0.3 is 10.6 Å². The van der Waals surface area contributed by atoms with E-state index in [0.29, 0.717) is 96.9 Å². The first kappa shape index (κ1) is 42.8. The largest absolute Gasteiger partial charge is 0.354 e. The number of fused-ring (bicyclic) bond motifs is 2. The number of nitrogens with one attached hydrogen (secondary N) is 2. The fourth-order valence-electron chi connectivity index (χ4n) is 8.17. The summed E-state index contributed by atoms with van der Waals surface area (Å²) in [6, 6.07) is 13.8. The number of nitrogens with zero attached hydrogens (tertiary/aromatic N) is 2. The summed E-state index contributed by atoms with van der Waals surface area (Å²) >= 11 is 0. The number of hydrogen-bond donors (Lipinski definition) is 2. The van der Waals surface area contributed by atoms with Crippen molar-refractivity contribution in [2.75, 3.05) is 36.8 Å². The minimum Gasteiger partial charge on any atom is -0.354 e. The Morgan fingerprint density at radius 1 is 0.500 bits per heavy atom. The van der Waals surface area contributed by atoms with Gasteiger partial charge in [-0.25, -0.2) is 16.8 Å². The Hall–Kier alpha value is -4.36. The smallest absolute Gasteiger partial charge is 0.243 e. The molecule has 0 aliphatic heterocycles. The van der Waals surface area contributed by atoms with Crippen molar-refractivity contribution in [2.24, 2.45) is 0 Å². The molecule has 0 atom stereocenters. The molecule has 0 saturated carbocycles. The zero-order chi connectivity index (χ0) is 41.3. The molecule has 0 spiro atoms. The van der Waals surface area contributed by atoms with E-state index >= 15 is 0 Å². The maximum absolute atomic E-state index is 14.5. The third-order valence-corrected chi connectivity index (χ3v) is 14.9. The van der Waals surface area contributed by atoms with E-state index in [9.17, 15) is 26.4 Å². The Balaban J connectivity index is 1.71. The third-order valence-electron chi connectivity index (χ3n) is 10.5. The maximum Gasteiger partial charge on any atom is 0.243 e. The van der Waals surface area contributed by atoms with E-state index in [2.05, 4.69) is 10.6 Å². The predicted octanol–water partition coefficient (Wildman–Crippen LogP) is 9.42. The SMILES string of the molecule is CCCN(CCC)S(=O)(=O)c1c(C)cc(C)c(Nc2ccc(Nc3c(C)cc(C)c(S(=O)(=O)N(CCC)CCC)c3C)c3c2C(=O)c2ccccc2C3=O)c1C. The summed E-state index contributed by atoms with van der Waals surface area (Å²) in [4.78, 5) is 29.5. The van der Waals surface area contributed by atoms with Crippen LogP contribution in [0, 0.1) is 41.5 Å². The highest BCUT2D eigenvalue weighted by atomic mass is 32.2. The van der Waals surface area contributed by atoms with Gasteiger partial charge in [0.2, 0.25) is 20.0 Å². The number of aryl methyl sites for hydroxylation is 4. The molecule has 10 nitrogen and oxygen atoms in total. The summed E-state index contributed by atoms with van der Waals surface area (Å²) in [5.74, 6) is -0.715. The van der Waals surface area contributed by atoms with Crippen LogP contribution in [0.5, 0.6) is 0 Å². The molecule has 0 amide bonds. The van der Waals surface area contributed by atoms with E-state index in [0.717, 1.165) is 11.1 Å². The summed E-state index contributed by atoms with van der Waals surface area (Å²) in [7, 11) is -7.72. The van der Waals surface area contributed by atoms with E-state index < -0.39 is 20.0 Å². The Kier molecular flexibility index (Phi) is 13.0. The Bertz CT molecular complexity index is 2240. The first-order valence-corrected chi connectivity index (χ1v) is 22.5. The van der Waals surface area contributed by atoms with Crippen molar-refractivity contribution in [1.29, 1.82) is 0 Å². The van der Waals surface area contributed by atoms with Gasteiger partial charge in [0.15, 0.2) is 11.6 Å². The molecule has 0 unspecified atom stereocenters. The lowest BCUT2D eigenvalue weighted by molar-refractivity contribution is 0.0980. The van der Waals surface area contributed by atoms with Crippen molar-refractivity contribution in [3.63, 3.8) is 0 Å². The van der Waals surface area contributed by atoms with Gasteiger partial charge >= 0.3 is 0 Å². The fourth-order valence-corrected chi connectivity index (χ4v) is 12.3. The van der Waals surface area contributed by atoms with E-state index in [1.54, 1.807) is 64.1 Å². The molecule has 0 bridgehead atoms. The van der Waals surface area contributed by atoms with Crippen LogP contribution in [-0.2, 0) is 20.0 Å². The van der Waals surface area contributed by atoms with Crippen LogP contribution in [0.25, 0.3) is 0 Å². The summed E-state index contributed by atoms with van der Waals surface area (Å²) in [6.07, 6.45) is 2.70. The zero-order valence-electron chi connectivity index (χ0n) is 34.4. The normalized spacial score (nSPS) is 13.0. The first-order chi connectivity index (χ1) is 26.5. The predicted molar refractivity (Wildman–Crippen MR) is 226 cm³/mol. The number of benzene rings is 4. The standard InChI is InChI=1S/C44H56N4O6S2/c1-11-21-47(22-12-2)55(51,52)43-29(7)25-27(5)39(31(43)9)45-35-19-20-36(38-37(35)41(49)33-17-15-16-18-34(33)42(38)50)46-40-28(6)26-30(8)44(32(40)10)56(53,54)48(23-13-3)24-14-4/h15-20,25-26,45-46H,11-14,21-24H2,1-10H3. The van der Waals surface area contributed by atoms with Gasteiger partial charge in [-0.2, -0.15) is 8.61 Å². The van der Waals surface area contributed by atoms with Crippen molar-refractivity contribution in [1.82, 2.24) is 8.61 Å². The molecule has 300 valence electrons. The van der Waals surface area contributed by atoms with Gasteiger partial charge in [-0.3, -0.25) is 9.59 Å². The van der Waals surface area contributed by atoms with Crippen LogP contribution in [0.3, 0.4) is 0 Å². The summed E-state index contributed by atoms with van der Waals surface area (Å²) in [6.45, 7) is 20.3. The first-order valence-electron chi connectivity index (χ1n) is 19.6. The molecule has 0 heterocycles. The molecular formula is C44H56N4O6S2. The average molecular weight is 801 g/mol. The molecule has 0 fully saturated rings. The van der Waals surface area contributed by atoms with Crippen LogP contribution in [0.1, 0.15) is 119 Å². The van der Waals surface area contributed by atoms with E-state index in [1.165, 1.54) is 8.61 Å². The van der Waals surface area contributed by atoms with Gasteiger partial charge in [-0.05, 0) is 113 Å². The number of anilines is 4. The fraction of sp³-hybridized carbons (Fsp3) is 0.409. The average Bonchev–Trinajstić information content (AvgIpc) is 3.13. The van der Waals surface area contributed by atoms with E-state index in [-0.39, 0.29) is 43.6 Å². The van der Waals surface area contributed by atoms with E-state index in [4.69, 9.17) is 0 Å². The lowest BCUT2D eigenvalue weighted by Gasteiger charge is -2.28. The molecule has 4 aromatic rings. The van der Waals surface area contributed by atoms with Gasteiger partial charge in [0.1, 0.15) is 0 Å². The molecule has 1 aliphatic rings. The van der Waals surface area contributed by atoms with Crippen LogP contribution in [-0.4, -0.2) is 63.2 Å². The lowest BCUT2D eigenvalue weighted by Crippen LogP contribution is -2.33. The number of carbonyl (C=O) groups excluding carboxylic acids is 2. The van der Waals surface area contributed by atoms with Crippen LogP contribution in [0.4, 0.5) is 22.7 Å².